The molecule has 1 unspecified atom stereocenters. The molecule has 0 spiro atoms. The minimum absolute atomic E-state index is 0.0145. The summed E-state index contributed by atoms with van der Waals surface area (Å²) in [5.41, 5.74) is 3.76. The topological polar surface area (TPSA) is 44.8 Å². The van der Waals surface area contributed by atoms with Gasteiger partial charge in [0, 0.05) is 38.9 Å². The minimum atomic E-state index is -0.720. The highest BCUT2D eigenvalue weighted by molar-refractivity contribution is 6.00. The van der Waals surface area contributed by atoms with E-state index in [1.165, 1.54) is 5.56 Å². The summed E-state index contributed by atoms with van der Waals surface area (Å²) in [5.74, 6) is -0.734. The fourth-order valence-electron chi connectivity index (χ4n) is 3.90. The molecule has 4 aromatic carbocycles. The van der Waals surface area contributed by atoms with Gasteiger partial charge in [-0.15, -0.1) is 0 Å². The van der Waals surface area contributed by atoms with E-state index in [4.69, 9.17) is 14.2 Å². The van der Waals surface area contributed by atoms with Gasteiger partial charge in [-0.05, 0) is 11.1 Å². The molecular formula is C31H32O4. The quantitative estimate of drug-likeness (QED) is 0.204. The molecule has 0 radical (unpaired) electrons. The maximum Gasteiger partial charge on any atom is 0.198 e. The average Bonchev–Trinajstić information content (AvgIpc) is 2.94. The number of methoxy groups -OCH3 is 3. The highest BCUT2D eigenvalue weighted by Crippen LogP contribution is 2.30. The molecule has 0 heterocycles. The van der Waals surface area contributed by atoms with Crippen molar-refractivity contribution in [1.82, 2.24) is 0 Å². The van der Waals surface area contributed by atoms with Gasteiger partial charge in [-0.3, -0.25) is 4.79 Å². The van der Waals surface area contributed by atoms with Crippen LogP contribution in [0.15, 0.2) is 121 Å². The van der Waals surface area contributed by atoms with E-state index in [2.05, 4.69) is 12.1 Å². The monoisotopic (exact) mass is 468 g/mol. The van der Waals surface area contributed by atoms with E-state index in [1.54, 1.807) is 33.5 Å². The number of benzene rings is 4. The van der Waals surface area contributed by atoms with Crippen molar-refractivity contribution >= 4 is 5.78 Å². The summed E-state index contributed by atoms with van der Waals surface area (Å²) in [7, 11) is 4.91. The van der Waals surface area contributed by atoms with E-state index in [0.717, 1.165) is 11.1 Å². The Morgan fingerprint density at radius 2 is 1.11 bits per heavy atom. The standard InChI is InChI=1S/C16H18O2.C15H14O2/c1-17-16(18-2,15-11-7-4-8-12-15)13-14-9-5-3-6-10-14;1-17-15(13-10-6-3-7-11-13)14(16)12-8-4-2-5-9-12/h3-12H,13H2,1-2H3;2-11,15H,1H3. The van der Waals surface area contributed by atoms with Crippen molar-refractivity contribution in [3.8, 4) is 0 Å². The third-order valence-electron chi connectivity index (χ3n) is 5.79. The van der Waals surface area contributed by atoms with Crippen molar-refractivity contribution in [2.45, 2.75) is 18.3 Å². The Morgan fingerprint density at radius 1 is 0.657 bits per heavy atom. The summed E-state index contributed by atoms with van der Waals surface area (Å²) in [6, 6.07) is 39.0. The first-order chi connectivity index (χ1) is 17.1. The van der Waals surface area contributed by atoms with Crippen LogP contribution in [-0.2, 0) is 26.4 Å². The molecular weight excluding hydrogens is 436 g/mol. The number of hydrogen-bond acceptors (Lipinski definition) is 4. The number of hydrogen-bond donors (Lipinski definition) is 0. The van der Waals surface area contributed by atoms with Crippen molar-refractivity contribution in [2.75, 3.05) is 21.3 Å². The second kappa shape index (κ2) is 13.4. The van der Waals surface area contributed by atoms with Gasteiger partial charge in [0.25, 0.3) is 0 Å². The van der Waals surface area contributed by atoms with Crippen molar-refractivity contribution < 1.29 is 19.0 Å². The Kier molecular flexibility index (Phi) is 9.93. The van der Waals surface area contributed by atoms with E-state index in [9.17, 15) is 4.79 Å². The maximum atomic E-state index is 12.3. The van der Waals surface area contributed by atoms with E-state index < -0.39 is 11.9 Å². The summed E-state index contributed by atoms with van der Waals surface area (Å²) in [6.45, 7) is 0. The molecule has 4 rings (SSSR count). The normalized spacial score (nSPS) is 11.7. The molecule has 1 atom stereocenters. The number of ketones is 1. The summed E-state index contributed by atoms with van der Waals surface area (Å²) in [5, 5.41) is 0. The molecule has 0 bridgehead atoms. The van der Waals surface area contributed by atoms with Crippen LogP contribution in [0.5, 0.6) is 0 Å². The van der Waals surface area contributed by atoms with Crippen LogP contribution in [0, 0.1) is 0 Å². The molecule has 0 aromatic heterocycles. The molecule has 0 saturated carbocycles. The first-order valence-corrected chi connectivity index (χ1v) is 11.5. The summed E-state index contributed by atoms with van der Waals surface area (Å²) >= 11 is 0. The number of carbonyl (C=O) groups is 1. The highest BCUT2D eigenvalue weighted by Gasteiger charge is 2.32. The number of rotatable bonds is 9. The second-order valence-electron chi connectivity index (χ2n) is 7.95. The first kappa shape index (κ1) is 26.0. The summed E-state index contributed by atoms with van der Waals surface area (Å²) in [4.78, 5) is 12.3. The zero-order valence-corrected chi connectivity index (χ0v) is 20.5. The van der Waals surface area contributed by atoms with Gasteiger partial charge in [-0.1, -0.05) is 121 Å². The SMILES string of the molecule is COC(C(=O)c1ccccc1)c1ccccc1.COC(Cc1ccccc1)(OC)c1ccccc1. The smallest absolute Gasteiger partial charge is 0.198 e. The van der Waals surface area contributed by atoms with Crippen LogP contribution in [0.2, 0.25) is 0 Å². The Bertz CT molecular complexity index is 1130. The predicted octanol–water partition coefficient (Wildman–Crippen LogP) is 6.63. The Hall–Kier alpha value is -3.57. The lowest BCUT2D eigenvalue weighted by atomic mass is 9.97. The lowest BCUT2D eigenvalue weighted by molar-refractivity contribution is -0.215. The third-order valence-corrected chi connectivity index (χ3v) is 5.79. The van der Waals surface area contributed by atoms with Crippen molar-refractivity contribution in [3.63, 3.8) is 0 Å². The molecule has 0 saturated heterocycles. The molecule has 180 valence electrons. The molecule has 35 heavy (non-hydrogen) atoms. The largest absolute Gasteiger partial charge is 0.369 e. The van der Waals surface area contributed by atoms with E-state index in [-0.39, 0.29) is 5.78 Å². The summed E-state index contributed by atoms with van der Waals surface area (Å²) in [6.07, 6.45) is 0.156. The minimum Gasteiger partial charge on any atom is -0.369 e. The molecule has 0 aliphatic rings. The van der Waals surface area contributed by atoms with Crippen LogP contribution in [0.4, 0.5) is 0 Å². The molecule has 4 aromatic rings. The maximum absolute atomic E-state index is 12.3. The van der Waals surface area contributed by atoms with Crippen LogP contribution in [0.1, 0.15) is 33.2 Å². The number of Topliss-reactive ketones (excluding diaryl/α,β-unsaturated/α-hetero) is 1. The Balaban J connectivity index is 0.000000196. The van der Waals surface area contributed by atoms with Gasteiger partial charge in [-0.25, -0.2) is 0 Å². The van der Waals surface area contributed by atoms with Gasteiger partial charge in [0.15, 0.2) is 11.6 Å². The van der Waals surface area contributed by atoms with Gasteiger partial charge < -0.3 is 14.2 Å². The van der Waals surface area contributed by atoms with Crippen molar-refractivity contribution in [1.29, 1.82) is 0 Å². The number of ether oxygens (including phenoxy) is 3. The van der Waals surface area contributed by atoms with E-state index in [0.29, 0.717) is 12.0 Å². The lowest BCUT2D eigenvalue weighted by Crippen LogP contribution is -2.33. The van der Waals surface area contributed by atoms with Crippen molar-refractivity contribution in [3.05, 3.63) is 144 Å². The lowest BCUT2D eigenvalue weighted by Gasteiger charge is -2.31. The van der Waals surface area contributed by atoms with Gasteiger partial charge in [0.05, 0.1) is 0 Å². The fourth-order valence-corrected chi connectivity index (χ4v) is 3.90. The molecule has 4 heteroatoms. The Morgan fingerprint density at radius 3 is 1.60 bits per heavy atom. The second-order valence-corrected chi connectivity index (χ2v) is 7.95. The predicted molar refractivity (Wildman–Crippen MR) is 139 cm³/mol. The van der Waals surface area contributed by atoms with Gasteiger partial charge in [-0.2, -0.15) is 0 Å². The molecule has 4 nitrogen and oxygen atoms in total. The molecule has 0 aliphatic carbocycles. The third kappa shape index (κ3) is 6.96. The Labute approximate surface area is 208 Å². The first-order valence-electron chi connectivity index (χ1n) is 11.5. The zero-order valence-electron chi connectivity index (χ0n) is 20.5. The van der Waals surface area contributed by atoms with Crippen LogP contribution in [0.25, 0.3) is 0 Å². The average molecular weight is 469 g/mol. The molecule has 0 fully saturated rings. The van der Waals surface area contributed by atoms with Crippen LogP contribution >= 0.6 is 0 Å². The van der Waals surface area contributed by atoms with Crippen LogP contribution in [-0.4, -0.2) is 27.1 Å². The highest BCUT2D eigenvalue weighted by atomic mass is 16.7. The molecule has 0 amide bonds. The van der Waals surface area contributed by atoms with E-state index >= 15 is 0 Å². The molecule has 0 N–H and O–H groups in total. The zero-order chi connectivity index (χ0) is 24.9. The van der Waals surface area contributed by atoms with Gasteiger partial charge >= 0.3 is 0 Å². The number of carbonyl (C=O) groups excluding carboxylic acids is 1. The van der Waals surface area contributed by atoms with Gasteiger partial charge in [0.2, 0.25) is 0 Å². The molecule has 0 aliphatic heterocycles. The van der Waals surface area contributed by atoms with E-state index in [1.807, 2.05) is 97.1 Å². The summed E-state index contributed by atoms with van der Waals surface area (Å²) < 4.78 is 16.6. The van der Waals surface area contributed by atoms with Gasteiger partial charge in [0.1, 0.15) is 6.10 Å². The van der Waals surface area contributed by atoms with Crippen molar-refractivity contribution in [2.24, 2.45) is 0 Å². The van der Waals surface area contributed by atoms with Crippen LogP contribution < -0.4 is 0 Å². The van der Waals surface area contributed by atoms with Crippen LogP contribution in [0.3, 0.4) is 0 Å². The fraction of sp³-hybridized carbons (Fsp3) is 0.194.